The number of hydrogen-bond acceptors (Lipinski definition) is 3. The third kappa shape index (κ3) is 6.02. The summed E-state index contributed by atoms with van der Waals surface area (Å²) in [5, 5.41) is 2.86. The Bertz CT molecular complexity index is 350. The maximum absolute atomic E-state index is 11.5. The van der Waals surface area contributed by atoms with E-state index in [1.807, 2.05) is 6.92 Å². The van der Waals surface area contributed by atoms with Gasteiger partial charge in [-0.2, -0.15) is 0 Å². The summed E-state index contributed by atoms with van der Waals surface area (Å²) in [6, 6.07) is 0.338. The number of carbonyl (C=O) groups is 1. The molecule has 5 nitrogen and oxygen atoms in total. The smallest absolute Gasteiger partial charge is 0.221 e. The summed E-state index contributed by atoms with van der Waals surface area (Å²) >= 11 is 0. The van der Waals surface area contributed by atoms with Gasteiger partial charge in [-0.3, -0.25) is 4.79 Å². The van der Waals surface area contributed by atoms with Crippen molar-refractivity contribution in [2.24, 2.45) is 0 Å². The molecule has 1 amide bonds. The summed E-state index contributed by atoms with van der Waals surface area (Å²) in [5.74, 6) is -0.0438. The lowest BCUT2D eigenvalue weighted by Gasteiger charge is -2.19. The Hall–Kier alpha value is -0.620. The zero-order chi connectivity index (χ0) is 12.9. The van der Waals surface area contributed by atoms with E-state index < -0.39 is 10.0 Å². The highest BCUT2D eigenvalue weighted by Crippen LogP contribution is 2.18. The van der Waals surface area contributed by atoms with Crippen LogP contribution in [0, 0.1) is 0 Å². The van der Waals surface area contributed by atoms with Gasteiger partial charge in [0.25, 0.3) is 0 Å². The lowest BCUT2D eigenvalue weighted by molar-refractivity contribution is -0.121. The molecule has 0 atom stereocenters. The van der Waals surface area contributed by atoms with Gasteiger partial charge in [0.2, 0.25) is 15.9 Å². The number of nitrogens with one attached hydrogen (secondary N) is 1. The third-order valence-electron chi connectivity index (χ3n) is 2.76. The molecule has 0 heterocycles. The lowest BCUT2D eigenvalue weighted by atomic mass is 10.3. The highest BCUT2D eigenvalue weighted by atomic mass is 32.2. The Kier molecular flexibility index (Phi) is 5.39. The van der Waals surface area contributed by atoms with E-state index in [-0.39, 0.29) is 18.9 Å². The van der Waals surface area contributed by atoms with Crippen LogP contribution in [-0.4, -0.2) is 44.0 Å². The normalized spacial score (nSPS) is 16.2. The van der Waals surface area contributed by atoms with Crippen molar-refractivity contribution in [1.82, 2.24) is 9.62 Å². The van der Waals surface area contributed by atoms with Gasteiger partial charge in [0.05, 0.1) is 6.26 Å². The molecular formula is C11H22N2O3S. The van der Waals surface area contributed by atoms with Crippen LogP contribution in [0.1, 0.15) is 39.0 Å². The SMILES string of the molecule is CCCCN(CCC(=O)NC1CC1)S(C)(=O)=O. The van der Waals surface area contributed by atoms with Crippen LogP contribution in [0.3, 0.4) is 0 Å². The van der Waals surface area contributed by atoms with Gasteiger partial charge in [-0.1, -0.05) is 13.3 Å². The van der Waals surface area contributed by atoms with Crippen molar-refractivity contribution in [3.8, 4) is 0 Å². The van der Waals surface area contributed by atoms with Crippen LogP contribution in [0.15, 0.2) is 0 Å². The molecule has 0 spiro atoms. The van der Waals surface area contributed by atoms with Crippen molar-refractivity contribution in [3.05, 3.63) is 0 Å². The topological polar surface area (TPSA) is 66.5 Å². The van der Waals surface area contributed by atoms with E-state index in [1.165, 1.54) is 10.6 Å². The molecule has 1 rings (SSSR count). The molecule has 17 heavy (non-hydrogen) atoms. The minimum absolute atomic E-state index is 0.0438. The second kappa shape index (κ2) is 6.35. The van der Waals surface area contributed by atoms with E-state index in [9.17, 15) is 13.2 Å². The quantitative estimate of drug-likeness (QED) is 0.701. The van der Waals surface area contributed by atoms with Crippen molar-refractivity contribution in [1.29, 1.82) is 0 Å². The minimum Gasteiger partial charge on any atom is -0.353 e. The van der Waals surface area contributed by atoms with Crippen LogP contribution in [-0.2, 0) is 14.8 Å². The molecule has 1 aliphatic rings. The first-order valence-electron chi connectivity index (χ1n) is 6.18. The van der Waals surface area contributed by atoms with Gasteiger partial charge in [-0.25, -0.2) is 12.7 Å². The lowest BCUT2D eigenvalue weighted by Crippen LogP contribution is -2.35. The Morgan fingerprint density at radius 2 is 2.00 bits per heavy atom. The van der Waals surface area contributed by atoms with Crippen LogP contribution < -0.4 is 5.32 Å². The molecule has 0 bridgehead atoms. The van der Waals surface area contributed by atoms with Gasteiger partial charge in [-0.15, -0.1) is 0 Å². The Morgan fingerprint density at radius 3 is 2.47 bits per heavy atom. The van der Waals surface area contributed by atoms with Gasteiger partial charge < -0.3 is 5.32 Å². The summed E-state index contributed by atoms with van der Waals surface area (Å²) < 4.78 is 24.3. The second-order valence-electron chi connectivity index (χ2n) is 4.61. The zero-order valence-electron chi connectivity index (χ0n) is 10.6. The fraction of sp³-hybridized carbons (Fsp3) is 0.909. The van der Waals surface area contributed by atoms with Crippen molar-refractivity contribution in [2.45, 2.75) is 45.1 Å². The number of amides is 1. The van der Waals surface area contributed by atoms with Crippen LogP contribution in [0.4, 0.5) is 0 Å². The average molecular weight is 262 g/mol. The Labute approximate surface area is 104 Å². The number of sulfonamides is 1. The van der Waals surface area contributed by atoms with Crippen molar-refractivity contribution in [3.63, 3.8) is 0 Å². The Morgan fingerprint density at radius 1 is 1.35 bits per heavy atom. The largest absolute Gasteiger partial charge is 0.353 e. The first-order chi connectivity index (χ1) is 7.93. The molecule has 0 aromatic heterocycles. The van der Waals surface area contributed by atoms with Gasteiger partial charge in [0.1, 0.15) is 0 Å². The molecular weight excluding hydrogens is 240 g/mol. The first kappa shape index (κ1) is 14.4. The van der Waals surface area contributed by atoms with Gasteiger partial charge in [-0.05, 0) is 19.3 Å². The predicted molar refractivity (Wildman–Crippen MR) is 67.1 cm³/mol. The number of rotatable bonds is 8. The zero-order valence-corrected chi connectivity index (χ0v) is 11.4. The van der Waals surface area contributed by atoms with E-state index in [1.54, 1.807) is 0 Å². The van der Waals surface area contributed by atoms with Crippen molar-refractivity contribution >= 4 is 15.9 Å². The van der Waals surface area contributed by atoms with Crippen LogP contribution >= 0.6 is 0 Å². The molecule has 0 unspecified atom stereocenters. The fourth-order valence-corrected chi connectivity index (χ4v) is 2.42. The predicted octanol–water partition coefficient (Wildman–Crippen LogP) is 0.717. The van der Waals surface area contributed by atoms with E-state index in [0.717, 1.165) is 25.7 Å². The number of nitrogens with zero attached hydrogens (tertiary/aromatic N) is 1. The molecule has 0 aromatic rings. The second-order valence-corrected chi connectivity index (χ2v) is 6.59. The monoisotopic (exact) mass is 262 g/mol. The van der Waals surface area contributed by atoms with Gasteiger partial charge in [0.15, 0.2) is 0 Å². The molecule has 1 N–H and O–H groups in total. The minimum atomic E-state index is -3.19. The fourth-order valence-electron chi connectivity index (χ4n) is 1.53. The Balaban J connectivity index is 2.34. The maximum Gasteiger partial charge on any atom is 0.221 e. The van der Waals surface area contributed by atoms with Crippen molar-refractivity contribution in [2.75, 3.05) is 19.3 Å². The van der Waals surface area contributed by atoms with E-state index in [0.29, 0.717) is 12.6 Å². The van der Waals surface area contributed by atoms with E-state index in [4.69, 9.17) is 0 Å². The highest BCUT2D eigenvalue weighted by molar-refractivity contribution is 7.88. The van der Waals surface area contributed by atoms with Gasteiger partial charge >= 0.3 is 0 Å². The summed E-state index contributed by atoms with van der Waals surface area (Å²) in [6.45, 7) is 2.81. The summed E-state index contributed by atoms with van der Waals surface area (Å²) in [7, 11) is -3.19. The molecule has 0 aliphatic heterocycles. The third-order valence-corrected chi connectivity index (χ3v) is 4.06. The highest BCUT2D eigenvalue weighted by Gasteiger charge is 2.24. The molecule has 6 heteroatoms. The number of carbonyl (C=O) groups excluding carboxylic acids is 1. The van der Waals surface area contributed by atoms with Crippen LogP contribution in [0.2, 0.25) is 0 Å². The summed E-state index contributed by atoms with van der Waals surface area (Å²) in [6.07, 6.45) is 5.33. The first-order valence-corrected chi connectivity index (χ1v) is 8.02. The molecule has 0 radical (unpaired) electrons. The molecule has 1 fully saturated rings. The summed E-state index contributed by atoms with van der Waals surface area (Å²) in [5.41, 5.74) is 0. The van der Waals surface area contributed by atoms with Crippen molar-refractivity contribution < 1.29 is 13.2 Å². The molecule has 0 aromatic carbocycles. The molecule has 1 aliphatic carbocycles. The van der Waals surface area contributed by atoms with E-state index in [2.05, 4.69) is 5.32 Å². The molecule has 100 valence electrons. The van der Waals surface area contributed by atoms with Gasteiger partial charge in [0, 0.05) is 25.6 Å². The number of unbranched alkanes of at least 4 members (excludes halogenated alkanes) is 1. The maximum atomic E-state index is 11.5. The molecule has 0 saturated heterocycles. The van der Waals surface area contributed by atoms with Crippen LogP contribution in [0.5, 0.6) is 0 Å². The average Bonchev–Trinajstić information content (AvgIpc) is 2.99. The standard InChI is InChI=1S/C11H22N2O3S/c1-3-4-8-13(17(2,15)16)9-7-11(14)12-10-5-6-10/h10H,3-9H2,1-2H3,(H,12,14). The number of hydrogen-bond donors (Lipinski definition) is 1. The molecule has 1 saturated carbocycles. The summed E-state index contributed by atoms with van der Waals surface area (Å²) in [4.78, 5) is 11.5. The van der Waals surface area contributed by atoms with E-state index >= 15 is 0 Å². The van der Waals surface area contributed by atoms with Crippen LogP contribution in [0.25, 0.3) is 0 Å².